The Bertz CT molecular complexity index is 1750. The standard InChI is InChI=1S/C31H30F2N4O2/c32-23-10-8-21(9-11-23)29-28-7-1-2-16-36(28)31(39)37(30(29)38)17-4-3-14-35-15-5-6-22(20-35)26-19-34-27-13-12-24(33)18-25(26)27/h1-2,7-13,16,18-19,22,34H,3-6,14-15,17,20H2. The van der Waals surface area contributed by atoms with E-state index in [0.717, 1.165) is 49.8 Å². The Hall–Kier alpha value is -4.04. The number of rotatable bonds is 7. The molecule has 39 heavy (non-hydrogen) atoms. The highest BCUT2D eigenvalue weighted by atomic mass is 19.1. The Morgan fingerprint density at radius 1 is 0.923 bits per heavy atom. The number of nitrogens with zero attached hydrogens (tertiary/aromatic N) is 3. The van der Waals surface area contributed by atoms with E-state index in [1.807, 2.05) is 6.20 Å². The topological polar surface area (TPSA) is 62.5 Å². The summed E-state index contributed by atoms with van der Waals surface area (Å²) in [5, 5.41) is 0.954. The number of pyridine rings is 1. The van der Waals surface area contributed by atoms with E-state index < -0.39 is 0 Å². The van der Waals surface area contributed by atoms with Gasteiger partial charge in [0.15, 0.2) is 0 Å². The van der Waals surface area contributed by atoms with E-state index in [4.69, 9.17) is 0 Å². The molecule has 1 aliphatic heterocycles. The van der Waals surface area contributed by atoms with Gasteiger partial charge in [-0.1, -0.05) is 18.2 Å². The van der Waals surface area contributed by atoms with Gasteiger partial charge in [-0.25, -0.2) is 13.6 Å². The maximum atomic E-state index is 13.9. The lowest BCUT2D eigenvalue weighted by atomic mass is 9.90. The monoisotopic (exact) mass is 528 g/mol. The summed E-state index contributed by atoms with van der Waals surface area (Å²) in [7, 11) is 0. The van der Waals surface area contributed by atoms with Gasteiger partial charge in [-0.15, -0.1) is 0 Å². The maximum Gasteiger partial charge on any atom is 0.335 e. The minimum atomic E-state index is -0.381. The fourth-order valence-corrected chi connectivity index (χ4v) is 5.93. The summed E-state index contributed by atoms with van der Waals surface area (Å²) in [5.41, 5.74) is 2.87. The van der Waals surface area contributed by atoms with Crippen LogP contribution in [-0.2, 0) is 6.54 Å². The van der Waals surface area contributed by atoms with Gasteiger partial charge in [-0.05, 0) is 98.3 Å². The molecule has 0 aliphatic carbocycles. The molecule has 1 N–H and O–H groups in total. The molecule has 3 aromatic heterocycles. The number of hydrogen-bond acceptors (Lipinski definition) is 3. The number of halogens is 2. The molecule has 6 nitrogen and oxygen atoms in total. The minimum absolute atomic E-state index is 0.224. The van der Waals surface area contributed by atoms with Crippen molar-refractivity contribution >= 4 is 16.4 Å². The minimum Gasteiger partial charge on any atom is -0.361 e. The number of benzene rings is 2. The smallest absolute Gasteiger partial charge is 0.335 e. The summed E-state index contributed by atoms with van der Waals surface area (Å²) in [5.74, 6) is -0.271. The predicted octanol–water partition coefficient (Wildman–Crippen LogP) is 5.55. The zero-order valence-corrected chi connectivity index (χ0v) is 21.6. The van der Waals surface area contributed by atoms with Gasteiger partial charge in [-0.3, -0.25) is 13.8 Å². The predicted molar refractivity (Wildman–Crippen MR) is 149 cm³/mol. The molecule has 4 heterocycles. The molecule has 200 valence electrons. The molecule has 0 radical (unpaired) electrons. The number of aromatic nitrogens is 3. The number of unbranched alkanes of at least 4 members (excludes halogenated alkanes) is 1. The van der Waals surface area contributed by atoms with Gasteiger partial charge in [0, 0.05) is 36.4 Å². The lowest BCUT2D eigenvalue weighted by Gasteiger charge is -2.32. The van der Waals surface area contributed by atoms with Crippen LogP contribution in [0.15, 0.2) is 82.6 Å². The van der Waals surface area contributed by atoms with Crippen LogP contribution < -0.4 is 11.2 Å². The number of H-pyrrole nitrogens is 1. The Morgan fingerprint density at radius 3 is 2.56 bits per heavy atom. The van der Waals surface area contributed by atoms with Crippen molar-refractivity contribution in [1.29, 1.82) is 0 Å². The lowest BCUT2D eigenvalue weighted by molar-refractivity contribution is 0.204. The van der Waals surface area contributed by atoms with Crippen LogP contribution in [0.2, 0.25) is 0 Å². The summed E-state index contributed by atoms with van der Waals surface area (Å²) in [4.78, 5) is 32.4. The second-order valence-corrected chi connectivity index (χ2v) is 10.4. The fourth-order valence-electron chi connectivity index (χ4n) is 5.93. The molecule has 8 heteroatoms. The van der Waals surface area contributed by atoms with Gasteiger partial charge < -0.3 is 9.88 Å². The molecule has 2 aromatic carbocycles. The molecule has 0 amide bonds. The molecule has 1 saturated heterocycles. The van der Waals surface area contributed by atoms with Crippen LogP contribution in [0.4, 0.5) is 8.78 Å². The first-order chi connectivity index (χ1) is 19.0. The number of fused-ring (bicyclic) bond motifs is 2. The first-order valence-corrected chi connectivity index (χ1v) is 13.5. The zero-order chi connectivity index (χ0) is 26.9. The van der Waals surface area contributed by atoms with Crippen molar-refractivity contribution in [3.63, 3.8) is 0 Å². The second kappa shape index (κ2) is 10.6. The van der Waals surface area contributed by atoms with Gasteiger partial charge in [0.25, 0.3) is 5.56 Å². The molecule has 0 spiro atoms. The van der Waals surface area contributed by atoms with Crippen LogP contribution in [0.5, 0.6) is 0 Å². The second-order valence-electron chi connectivity index (χ2n) is 10.4. The largest absolute Gasteiger partial charge is 0.361 e. The summed E-state index contributed by atoms with van der Waals surface area (Å²) in [6, 6.07) is 15.9. The van der Waals surface area contributed by atoms with Crippen LogP contribution in [0.25, 0.3) is 27.5 Å². The number of aromatic amines is 1. The van der Waals surface area contributed by atoms with Crippen LogP contribution in [-0.4, -0.2) is 38.5 Å². The van der Waals surface area contributed by atoms with Crippen LogP contribution in [0.3, 0.4) is 0 Å². The van der Waals surface area contributed by atoms with Crippen LogP contribution >= 0.6 is 0 Å². The molecule has 1 aliphatic rings. The molecule has 0 saturated carbocycles. The number of piperidine rings is 1. The summed E-state index contributed by atoms with van der Waals surface area (Å²) >= 11 is 0. The quantitative estimate of drug-likeness (QED) is 0.282. The maximum absolute atomic E-state index is 13.9. The Morgan fingerprint density at radius 2 is 1.72 bits per heavy atom. The number of nitrogens with one attached hydrogen (secondary N) is 1. The molecule has 1 fully saturated rings. The summed E-state index contributed by atoms with van der Waals surface area (Å²) < 4.78 is 30.2. The van der Waals surface area contributed by atoms with E-state index >= 15 is 0 Å². The fraction of sp³-hybridized carbons (Fsp3) is 0.290. The van der Waals surface area contributed by atoms with Crippen molar-refractivity contribution in [3.05, 3.63) is 111 Å². The lowest BCUT2D eigenvalue weighted by Crippen LogP contribution is -2.39. The van der Waals surface area contributed by atoms with Crippen molar-refractivity contribution in [1.82, 2.24) is 18.9 Å². The normalized spacial score (nSPS) is 16.3. The summed E-state index contributed by atoms with van der Waals surface area (Å²) in [6.07, 6.45) is 7.32. The number of hydrogen-bond donors (Lipinski definition) is 1. The molecule has 6 rings (SSSR count). The third-order valence-electron chi connectivity index (χ3n) is 7.87. The van der Waals surface area contributed by atoms with E-state index in [-0.39, 0.29) is 22.9 Å². The van der Waals surface area contributed by atoms with Gasteiger partial charge in [-0.2, -0.15) is 0 Å². The van der Waals surface area contributed by atoms with E-state index in [1.54, 1.807) is 48.7 Å². The number of likely N-dealkylation sites (tertiary alicyclic amines) is 1. The zero-order valence-electron chi connectivity index (χ0n) is 21.6. The van der Waals surface area contributed by atoms with Crippen LogP contribution in [0.1, 0.15) is 37.2 Å². The van der Waals surface area contributed by atoms with E-state index in [9.17, 15) is 18.4 Å². The van der Waals surface area contributed by atoms with Crippen molar-refractivity contribution in [3.8, 4) is 11.1 Å². The molecule has 5 aromatic rings. The third-order valence-corrected chi connectivity index (χ3v) is 7.87. The van der Waals surface area contributed by atoms with Gasteiger partial charge in [0.2, 0.25) is 0 Å². The van der Waals surface area contributed by atoms with E-state index in [2.05, 4.69) is 9.88 Å². The molecule has 1 unspecified atom stereocenters. The summed E-state index contributed by atoms with van der Waals surface area (Å²) in [6.45, 7) is 3.07. The highest BCUT2D eigenvalue weighted by molar-refractivity contribution is 5.84. The van der Waals surface area contributed by atoms with Crippen LogP contribution in [0, 0.1) is 11.6 Å². The Labute approximate surface area is 224 Å². The molecular weight excluding hydrogens is 498 g/mol. The first kappa shape index (κ1) is 25.2. The van der Waals surface area contributed by atoms with Gasteiger partial charge in [0.1, 0.15) is 11.6 Å². The Balaban J connectivity index is 1.17. The Kier molecular flexibility index (Phi) is 6.87. The van der Waals surface area contributed by atoms with Crippen molar-refractivity contribution in [2.45, 2.75) is 38.1 Å². The highest BCUT2D eigenvalue weighted by Gasteiger charge is 2.23. The average Bonchev–Trinajstić information content (AvgIpc) is 3.37. The van der Waals surface area contributed by atoms with Crippen molar-refractivity contribution in [2.24, 2.45) is 0 Å². The van der Waals surface area contributed by atoms with Gasteiger partial charge >= 0.3 is 5.69 Å². The van der Waals surface area contributed by atoms with E-state index in [1.165, 1.54) is 32.7 Å². The SMILES string of the molecule is O=c1c(-c2ccc(F)cc2)c2ccccn2c(=O)n1CCCCN1CCCC(c2c[nH]c3ccc(F)cc23)C1. The van der Waals surface area contributed by atoms with Gasteiger partial charge in [0.05, 0.1) is 11.1 Å². The van der Waals surface area contributed by atoms with Crippen molar-refractivity contribution in [2.75, 3.05) is 19.6 Å². The average molecular weight is 529 g/mol. The first-order valence-electron chi connectivity index (χ1n) is 13.5. The van der Waals surface area contributed by atoms with E-state index in [0.29, 0.717) is 35.5 Å². The molecule has 1 atom stereocenters. The molecular formula is C31H30F2N4O2. The third kappa shape index (κ3) is 4.92. The highest BCUT2D eigenvalue weighted by Crippen LogP contribution is 2.32. The van der Waals surface area contributed by atoms with Crippen molar-refractivity contribution < 1.29 is 8.78 Å². The molecule has 0 bridgehead atoms.